The summed E-state index contributed by atoms with van der Waals surface area (Å²) < 4.78 is 68.6. The van der Waals surface area contributed by atoms with Gasteiger partial charge in [-0.05, 0) is 37.5 Å². The number of rotatable bonds is 77. The van der Waals surface area contributed by atoms with E-state index in [0.717, 1.165) is 102 Å². The Balaban J connectivity index is 5.23. The van der Waals surface area contributed by atoms with Crippen LogP contribution in [0.2, 0.25) is 0 Å². The highest BCUT2D eigenvalue weighted by Crippen LogP contribution is 2.45. The Bertz CT molecular complexity index is 1870. The van der Waals surface area contributed by atoms with Crippen LogP contribution in [-0.2, 0) is 65.4 Å². The molecule has 0 rings (SSSR count). The predicted octanol–water partition coefficient (Wildman–Crippen LogP) is 23.1. The number of hydrogen-bond acceptors (Lipinski definition) is 15. The molecule has 0 bridgehead atoms. The molecule has 19 heteroatoms. The molecule has 0 aliphatic carbocycles. The highest BCUT2D eigenvalue weighted by atomic mass is 31.2. The van der Waals surface area contributed by atoms with Gasteiger partial charge in [0.1, 0.15) is 19.3 Å². The summed E-state index contributed by atoms with van der Waals surface area (Å²) >= 11 is 0. The number of ether oxygens (including phenoxy) is 4. The number of carbonyl (C=O) groups excluding carboxylic acids is 4. The number of esters is 4. The van der Waals surface area contributed by atoms with Gasteiger partial charge in [-0.1, -0.05) is 356 Å². The first-order chi connectivity index (χ1) is 46.9. The van der Waals surface area contributed by atoms with E-state index in [1.165, 1.54) is 218 Å². The van der Waals surface area contributed by atoms with Crippen LogP contribution < -0.4 is 0 Å². The first-order valence-electron chi connectivity index (χ1n) is 40.5. The predicted molar refractivity (Wildman–Crippen MR) is 395 cm³/mol. The van der Waals surface area contributed by atoms with Crippen molar-refractivity contribution in [3.8, 4) is 0 Å². The first-order valence-corrected chi connectivity index (χ1v) is 43.5. The maximum absolute atomic E-state index is 13.1. The lowest BCUT2D eigenvalue weighted by molar-refractivity contribution is -0.161. The van der Waals surface area contributed by atoms with Gasteiger partial charge in [-0.15, -0.1) is 0 Å². The molecule has 0 fully saturated rings. The van der Waals surface area contributed by atoms with Gasteiger partial charge in [0.15, 0.2) is 12.2 Å². The molecule has 0 saturated heterocycles. The molecule has 3 unspecified atom stereocenters. The van der Waals surface area contributed by atoms with Crippen molar-refractivity contribution in [2.45, 2.75) is 426 Å². The third-order valence-electron chi connectivity index (χ3n) is 18.6. The third-order valence-corrected chi connectivity index (χ3v) is 20.5. The van der Waals surface area contributed by atoms with E-state index in [2.05, 4.69) is 41.5 Å². The highest BCUT2D eigenvalue weighted by Gasteiger charge is 2.30. The number of carbonyl (C=O) groups is 4. The minimum absolute atomic E-state index is 0.105. The Morgan fingerprint density at radius 3 is 0.784 bits per heavy atom. The topological polar surface area (TPSA) is 237 Å². The van der Waals surface area contributed by atoms with Gasteiger partial charge in [0.25, 0.3) is 0 Å². The molecule has 0 aromatic heterocycles. The van der Waals surface area contributed by atoms with E-state index in [0.29, 0.717) is 31.6 Å². The first kappa shape index (κ1) is 95.1. The lowest BCUT2D eigenvalue weighted by Gasteiger charge is -2.21. The number of aliphatic hydroxyl groups excluding tert-OH is 1. The standard InChI is InChI=1S/C78H152O17P2/c1-7-10-12-14-16-18-20-22-24-26-28-30-32-37-41-48-54-60-75(80)88-66-73(94-77(82)62-56-50-42-38-33-31-29-27-25-23-21-19-17-15-13-11-8-2)68-92-96(84,85)90-64-72(79)65-91-97(86,87)93-69-74(67-89-76(81)61-55-49-45-44-46-52-58-70(4)5)95-78(83)63-57-51-43-39-35-34-36-40-47-53-59-71(6)9-3/h70-74,79H,7-69H2,1-6H3,(H,84,85)(H,86,87)/t71?,72-,73-,74-/m1/s1. The van der Waals surface area contributed by atoms with Crippen LogP contribution in [0, 0.1) is 11.8 Å². The minimum atomic E-state index is -4.96. The molecule has 17 nitrogen and oxygen atoms in total. The van der Waals surface area contributed by atoms with E-state index in [1.807, 2.05) is 0 Å². The molecule has 0 aromatic rings. The van der Waals surface area contributed by atoms with Gasteiger partial charge in [-0.3, -0.25) is 37.3 Å². The molecular weight excluding hydrogens is 1270 g/mol. The molecule has 0 aromatic carbocycles. The quantitative estimate of drug-likeness (QED) is 0.0222. The van der Waals surface area contributed by atoms with Gasteiger partial charge < -0.3 is 33.8 Å². The highest BCUT2D eigenvalue weighted by molar-refractivity contribution is 7.47. The number of hydrogen-bond donors (Lipinski definition) is 3. The fraction of sp³-hybridized carbons (Fsp3) is 0.949. The van der Waals surface area contributed by atoms with E-state index >= 15 is 0 Å². The summed E-state index contributed by atoms with van der Waals surface area (Å²) in [4.78, 5) is 72.9. The fourth-order valence-electron chi connectivity index (χ4n) is 12.0. The molecule has 0 saturated carbocycles. The number of phosphoric acid groups is 2. The van der Waals surface area contributed by atoms with Crippen molar-refractivity contribution in [2.24, 2.45) is 11.8 Å². The fourth-order valence-corrected chi connectivity index (χ4v) is 13.6. The molecule has 0 aliphatic rings. The maximum Gasteiger partial charge on any atom is 0.472 e. The molecule has 576 valence electrons. The maximum atomic E-state index is 13.1. The van der Waals surface area contributed by atoms with E-state index in [4.69, 9.17) is 37.0 Å². The number of unbranched alkanes of at least 4 members (excludes halogenated alkanes) is 46. The van der Waals surface area contributed by atoms with Crippen molar-refractivity contribution >= 4 is 39.5 Å². The summed E-state index contributed by atoms with van der Waals surface area (Å²) in [6.45, 7) is 9.56. The summed E-state index contributed by atoms with van der Waals surface area (Å²) in [6.07, 6.45) is 58.3. The van der Waals surface area contributed by atoms with Crippen LogP contribution in [0.25, 0.3) is 0 Å². The average molecular weight is 1420 g/mol. The third kappa shape index (κ3) is 70.9. The Morgan fingerprint density at radius 2 is 0.526 bits per heavy atom. The van der Waals surface area contributed by atoms with Gasteiger partial charge >= 0.3 is 39.5 Å². The Hall–Kier alpha value is -1.94. The van der Waals surface area contributed by atoms with E-state index in [9.17, 15) is 43.2 Å². The largest absolute Gasteiger partial charge is 0.472 e. The van der Waals surface area contributed by atoms with Crippen LogP contribution >= 0.6 is 15.6 Å². The van der Waals surface area contributed by atoms with Crippen molar-refractivity contribution in [1.29, 1.82) is 0 Å². The number of aliphatic hydroxyl groups is 1. The van der Waals surface area contributed by atoms with E-state index in [-0.39, 0.29) is 25.7 Å². The van der Waals surface area contributed by atoms with Crippen molar-refractivity contribution < 1.29 is 80.2 Å². The van der Waals surface area contributed by atoms with E-state index in [1.54, 1.807) is 0 Å². The molecule has 97 heavy (non-hydrogen) atoms. The Kier molecular flexibility index (Phi) is 68.4. The van der Waals surface area contributed by atoms with Gasteiger partial charge in [0.05, 0.1) is 26.4 Å². The lowest BCUT2D eigenvalue weighted by Crippen LogP contribution is -2.30. The summed E-state index contributed by atoms with van der Waals surface area (Å²) in [6, 6.07) is 0. The minimum Gasteiger partial charge on any atom is -0.462 e. The van der Waals surface area contributed by atoms with Crippen LogP contribution in [0.15, 0.2) is 0 Å². The summed E-state index contributed by atoms with van der Waals surface area (Å²) in [7, 11) is -9.91. The zero-order chi connectivity index (χ0) is 71.4. The van der Waals surface area contributed by atoms with Crippen LogP contribution in [0.5, 0.6) is 0 Å². The van der Waals surface area contributed by atoms with Crippen LogP contribution in [0.4, 0.5) is 0 Å². The Morgan fingerprint density at radius 1 is 0.299 bits per heavy atom. The van der Waals surface area contributed by atoms with Crippen molar-refractivity contribution in [1.82, 2.24) is 0 Å². The van der Waals surface area contributed by atoms with Gasteiger partial charge in [0.2, 0.25) is 0 Å². The van der Waals surface area contributed by atoms with Crippen molar-refractivity contribution in [3.63, 3.8) is 0 Å². The molecule has 0 aliphatic heterocycles. The Labute approximate surface area is 594 Å². The summed E-state index contributed by atoms with van der Waals surface area (Å²) in [5, 5.41) is 10.6. The smallest absolute Gasteiger partial charge is 0.462 e. The van der Waals surface area contributed by atoms with Gasteiger partial charge in [-0.25, -0.2) is 9.13 Å². The molecule has 6 atom stereocenters. The second-order valence-electron chi connectivity index (χ2n) is 28.8. The second-order valence-corrected chi connectivity index (χ2v) is 31.7. The zero-order valence-electron chi connectivity index (χ0n) is 63.4. The van der Waals surface area contributed by atoms with Gasteiger partial charge in [-0.2, -0.15) is 0 Å². The van der Waals surface area contributed by atoms with E-state index < -0.39 is 97.5 Å². The molecule has 0 amide bonds. The normalized spacial score (nSPS) is 14.2. The molecule has 3 N–H and O–H groups in total. The molecule has 0 heterocycles. The molecular formula is C78H152O17P2. The second kappa shape index (κ2) is 69.8. The average Bonchev–Trinajstić information content (AvgIpc) is 1.72. The molecule has 0 spiro atoms. The summed E-state index contributed by atoms with van der Waals surface area (Å²) in [5.41, 5.74) is 0. The van der Waals surface area contributed by atoms with Gasteiger partial charge in [0, 0.05) is 25.7 Å². The van der Waals surface area contributed by atoms with Crippen LogP contribution in [0.1, 0.15) is 408 Å². The van der Waals surface area contributed by atoms with Crippen LogP contribution in [-0.4, -0.2) is 96.7 Å². The van der Waals surface area contributed by atoms with Crippen LogP contribution in [0.3, 0.4) is 0 Å². The van der Waals surface area contributed by atoms with Crippen molar-refractivity contribution in [3.05, 3.63) is 0 Å². The lowest BCUT2D eigenvalue weighted by atomic mass is 9.99. The monoisotopic (exact) mass is 1420 g/mol. The molecule has 0 radical (unpaired) electrons. The summed E-state index contributed by atoms with van der Waals surface area (Å²) in [5.74, 6) is -0.632. The zero-order valence-corrected chi connectivity index (χ0v) is 65.2. The number of phosphoric ester groups is 2. The van der Waals surface area contributed by atoms with Crippen molar-refractivity contribution in [2.75, 3.05) is 39.6 Å². The SMILES string of the molecule is CCCCCCCCCCCCCCCCCCCC(=O)OC[C@H](COP(=O)(O)OC[C@@H](O)COP(=O)(O)OC[C@@H](COC(=O)CCCCCCCCC(C)C)OC(=O)CCCCCCCCCCCCC(C)CC)OC(=O)CCCCCCCCCCCCCCCCCCC.